The molecule has 0 fully saturated rings. The van der Waals surface area contributed by atoms with Gasteiger partial charge in [-0.15, -0.1) is 10.2 Å². The number of carboxylic acids is 1. The molecule has 0 aliphatic heterocycles. The number of halogens is 1. The van der Waals surface area contributed by atoms with Crippen LogP contribution in [0.3, 0.4) is 0 Å². The number of benzene rings is 3. The van der Waals surface area contributed by atoms with Gasteiger partial charge in [0.25, 0.3) is 5.89 Å². The Morgan fingerprint density at radius 3 is 2.39 bits per heavy atom. The number of rotatable bonds is 8. The summed E-state index contributed by atoms with van der Waals surface area (Å²) in [4.78, 5) is 11.1. The van der Waals surface area contributed by atoms with E-state index in [1.54, 1.807) is 0 Å². The molecule has 1 heterocycles. The van der Waals surface area contributed by atoms with E-state index in [0.717, 1.165) is 22.3 Å². The fourth-order valence-electron chi connectivity index (χ4n) is 3.56. The lowest BCUT2D eigenvalue weighted by atomic mass is 9.96. The highest BCUT2D eigenvalue weighted by molar-refractivity contribution is 5.75. The normalized spacial score (nSPS) is 12.0. The Kier molecular flexibility index (Phi) is 6.58. The maximum Gasteiger partial charge on any atom is 0.323 e. The molecule has 0 spiro atoms. The average molecular weight is 447 g/mol. The molecule has 33 heavy (non-hydrogen) atoms. The molecule has 0 amide bonds. The van der Waals surface area contributed by atoms with Gasteiger partial charge in [0.15, 0.2) is 0 Å². The van der Waals surface area contributed by atoms with Crippen LogP contribution in [0.15, 0.2) is 71.1 Å². The molecule has 4 rings (SSSR count). The van der Waals surface area contributed by atoms with Crippen LogP contribution in [-0.4, -0.2) is 39.0 Å². The number of nitrogens with one attached hydrogen (secondary N) is 1. The van der Waals surface area contributed by atoms with Crippen molar-refractivity contribution in [2.24, 2.45) is 0 Å². The number of carbonyl (C=O) groups is 1. The molecule has 7 nitrogen and oxygen atoms in total. The number of aromatic nitrogens is 2. The van der Waals surface area contributed by atoms with E-state index < -0.39 is 24.4 Å². The van der Waals surface area contributed by atoms with Gasteiger partial charge in [-0.2, -0.15) is 0 Å². The standard InChI is InChI=1S/C25H22FN3O4/c1-15-18(17-6-3-2-4-7-17)8-5-9-19(15)23-28-29-24(33-23)20-12-16(10-11-21(20)26)13-27-22(14-30)25(31)32/h2-12,22,27,30H,13-14H2,1H3,(H,31,32). The molecule has 3 aromatic carbocycles. The van der Waals surface area contributed by atoms with E-state index in [4.69, 9.17) is 14.6 Å². The van der Waals surface area contributed by atoms with Gasteiger partial charge >= 0.3 is 5.97 Å². The predicted octanol–water partition coefficient (Wildman–Crippen LogP) is 4.05. The zero-order chi connectivity index (χ0) is 23.4. The van der Waals surface area contributed by atoms with E-state index in [0.29, 0.717) is 5.56 Å². The van der Waals surface area contributed by atoms with Crippen LogP contribution in [0.25, 0.3) is 34.0 Å². The van der Waals surface area contributed by atoms with Crippen molar-refractivity contribution < 1.29 is 23.8 Å². The Labute approximate surface area is 189 Å². The zero-order valence-corrected chi connectivity index (χ0v) is 17.8. The highest BCUT2D eigenvalue weighted by Crippen LogP contribution is 2.33. The molecule has 0 saturated heterocycles. The van der Waals surface area contributed by atoms with E-state index in [1.165, 1.54) is 18.2 Å². The second kappa shape index (κ2) is 9.72. The Morgan fingerprint density at radius 1 is 1.00 bits per heavy atom. The lowest BCUT2D eigenvalue weighted by Gasteiger charge is -2.12. The quantitative estimate of drug-likeness (QED) is 0.374. The number of hydrogen-bond donors (Lipinski definition) is 3. The fourth-order valence-corrected chi connectivity index (χ4v) is 3.56. The third-order valence-electron chi connectivity index (χ3n) is 5.37. The van der Waals surface area contributed by atoms with Gasteiger partial charge in [-0.3, -0.25) is 10.1 Å². The Bertz CT molecular complexity index is 1270. The Morgan fingerprint density at radius 2 is 1.70 bits per heavy atom. The molecule has 0 aliphatic carbocycles. The van der Waals surface area contributed by atoms with E-state index in [2.05, 4.69) is 15.5 Å². The minimum atomic E-state index is -1.17. The van der Waals surface area contributed by atoms with Crippen LogP contribution in [-0.2, 0) is 11.3 Å². The van der Waals surface area contributed by atoms with Crippen LogP contribution in [0.2, 0.25) is 0 Å². The third-order valence-corrected chi connectivity index (χ3v) is 5.37. The van der Waals surface area contributed by atoms with Gasteiger partial charge < -0.3 is 14.6 Å². The molecular weight excluding hydrogens is 425 g/mol. The molecule has 168 valence electrons. The first-order valence-electron chi connectivity index (χ1n) is 10.3. The van der Waals surface area contributed by atoms with Crippen LogP contribution < -0.4 is 5.32 Å². The second-order valence-electron chi connectivity index (χ2n) is 7.53. The van der Waals surface area contributed by atoms with Crippen molar-refractivity contribution in [3.05, 3.63) is 83.7 Å². The zero-order valence-electron chi connectivity index (χ0n) is 17.8. The van der Waals surface area contributed by atoms with Gasteiger partial charge in [-0.1, -0.05) is 48.5 Å². The molecule has 0 aliphatic rings. The third kappa shape index (κ3) is 4.82. The number of carboxylic acid groups (broad SMARTS) is 1. The lowest BCUT2D eigenvalue weighted by molar-refractivity contribution is -0.140. The molecular formula is C25H22FN3O4. The molecule has 1 atom stereocenters. The molecule has 8 heteroatoms. The molecule has 0 bridgehead atoms. The van der Waals surface area contributed by atoms with Crippen molar-refractivity contribution in [3.63, 3.8) is 0 Å². The predicted molar refractivity (Wildman–Crippen MR) is 121 cm³/mol. The van der Waals surface area contributed by atoms with Crippen LogP contribution in [0.5, 0.6) is 0 Å². The first-order valence-corrected chi connectivity index (χ1v) is 10.3. The summed E-state index contributed by atoms with van der Waals surface area (Å²) in [5, 5.41) is 29.0. The highest BCUT2D eigenvalue weighted by Gasteiger charge is 2.19. The summed E-state index contributed by atoms with van der Waals surface area (Å²) < 4.78 is 20.4. The molecule has 3 N–H and O–H groups in total. The maximum absolute atomic E-state index is 14.5. The van der Waals surface area contributed by atoms with Crippen molar-refractivity contribution in [3.8, 4) is 34.0 Å². The summed E-state index contributed by atoms with van der Waals surface area (Å²) in [6, 6.07) is 18.9. The number of aliphatic carboxylic acids is 1. The van der Waals surface area contributed by atoms with Crippen LogP contribution in [0.1, 0.15) is 11.1 Å². The minimum absolute atomic E-state index is 0.0193. The van der Waals surface area contributed by atoms with Crippen molar-refractivity contribution in [2.45, 2.75) is 19.5 Å². The van der Waals surface area contributed by atoms with Gasteiger partial charge in [0, 0.05) is 12.1 Å². The topological polar surface area (TPSA) is 108 Å². The summed E-state index contributed by atoms with van der Waals surface area (Å²) in [5.41, 5.74) is 4.52. The van der Waals surface area contributed by atoms with E-state index in [-0.39, 0.29) is 23.9 Å². The fraction of sp³-hybridized carbons (Fsp3) is 0.160. The van der Waals surface area contributed by atoms with E-state index in [1.807, 2.05) is 55.5 Å². The lowest BCUT2D eigenvalue weighted by Crippen LogP contribution is -2.39. The van der Waals surface area contributed by atoms with Gasteiger partial charge in [0.2, 0.25) is 5.89 Å². The largest absolute Gasteiger partial charge is 0.480 e. The summed E-state index contributed by atoms with van der Waals surface area (Å²) >= 11 is 0. The minimum Gasteiger partial charge on any atom is -0.480 e. The summed E-state index contributed by atoms with van der Waals surface area (Å²) in [7, 11) is 0. The first-order chi connectivity index (χ1) is 16.0. The molecule has 1 unspecified atom stereocenters. The molecule has 0 radical (unpaired) electrons. The van der Waals surface area contributed by atoms with E-state index in [9.17, 15) is 9.18 Å². The maximum atomic E-state index is 14.5. The monoisotopic (exact) mass is 447 g/mol. The van der Waals surface area contributed by atoms with Crippen LogP contribution in [0, 0.1) is 12.7 Å². The number of nitrogens with zero attached hydrogens (tertiary/aromatic N) is 2. The van der Waals surface area contributed by atoms with Crippen molar-refractivity contribution in [2.75, 3.05) is 6.61 Å². The van der Waals surface area contributed by atoms with Crippen molar-refractivity contribution in [1.29, 1.82) is 0 Å². The SMILES string of the molecule is Cc1c(-c2ccccc2)cccc1-c1nnc(-c2cc(CNC(CO)C(=O)O)ccc2F)o1. The number of hydrogen-bond acceptors (Lipinski definition) is 6. The summed E-state index contributed by atoms with van der Waals surface area (Å²) in [6.07, 6.45) is 0. The number of aliphatic hydroxyl groups is 1. The van der Waals surface area contributed by atoms with Crippen LogP contribution >= 0.6 is 0 Å². The molecule has 1 aromatic heterocycles. The average Bonchev–Trinajstić information content (AvgIpc) is 3.31. The second-order valence-corrected chi connectivity index (χ2v) is 7.53. The number of aliphatic hydroxyl groups excluding tert-OH is 1. The first kappa shape index (κ1) is 22.3. The van der Waals surface area contributed by atoms with Gasteiger partial charge in [-0.25, -0.2) is 4.39 Å². The van der Waals surface area contributed by atoms with Crippen LogP contribution in [0.4, 0.5) is 4.39 Å². The van der Waals surface area contributed by atoms with Gasteiger partial charge in [0.1, 0.15) is 11.9 Å². The Balaban J connectivity index is 1.62. The van der Waals surface area contributed by atoms with Gasteiger partial charge in [0.05, 0.1) is 12.2 Å². The highest BCUT2D eigenvalue weighted by atomic mass is 19.1. The summed E-state index contributed by atoms with van der Waals surface area (Å²) in [5.74, 6) is -1.42. The van der Waals surface area contributed by atoms with Gasteiger partial charge in [-0.05, 0) is 47.4 Å². The molecule has 0 saturated carbocycles. The van der Waals surface area contributed by atoms with Crippen molar-refractivity contribution >= 4 is 5.97 Å². The van der Waals surface area contributed by atoms with Crippen molar-refractivity contribution in [1.82, 2.24) is 15.5 Å². The summed E-state index contributed by atoms with van der Waals surface area (Å²) in [6.45, 7) is 1.52. The smallest absolute Gasteiger partial charge is 0.323 e. The molecule has 4 aromatic rings. The van der Waals surface area contributed by atoms with E-state index >= 15 is 0 Å². The Hall–Kier alpha value is -3.88.